The SMILES string of the molecule is CC.CNC(=O)Nc1ccc(B2OC(C)(C)C(C)(C)O2)cn1. The lowest BCUT2D eigenvalue weighted by molar-refractivity contribution is 0.00578. The lowest BCUT2D eigenvalue weighted by Gasteiger charge is -2.32. The average Bonchev–Trinajstić information content (AvgIpc) is 2.70. The Bertz CT molecular complexity index is 487. The van der Waals surface area contributed by atoms with Gasteiger partial charge in [0.05, 0.1) is 11.2 Å². The largest absolute Gasteiger partial charge is 0.496 e. The van der Waals surface area contributed by atoms with Crippen molar-refractivity contribution < 1.29 is 14.1 Å². The van der Waals surface area contributed by atoms with Crippen LogP contribution in [0, 0.1) is 0 Å². The molecule has 1 aromatic rings. The summed E-state index contributed by atoms with van der Waals surface area (Å²) in [7, 11) is 1.11. The summed E-state index contributed by atoms with van der Waals surface area (Å²) in [5, 5.41) is 5.06. The van der Waals surface area contributed by atoms with Gasteiger partial charge >= 0.3 is 13.1 Å². The van der Waals surface area contributed by atoms with Gasteiger partial charge in [0.2, 0.25) is 0 Å². The Kier molecular flexibility index (Phi) is 5.96. The minimum Gasteiger partial charge on any atom is -0.399 e. The van der Waals surface area contributed by atoms with E-state index in [-0.39, 0.29) is 17.2 Å². The number of carbonyl (C=O) groups is 1. The summed E-state index contributed by atoms with van der Waals surface area (Å²) in [5.74, 6) is 0.476. The van der Waals surface area contributed by atoms with E-state index in [4.69, 9.17) is 9.31 Å². The Morgan fingerprint density at radius 3 is 2.09 bits per heavy atom. The van der Waals surface area contributed by atoms with Crippen LogP contribution >= 0.6 is 0 Å². The van der Waals surface area contributed by atoms with Crippen molar-refractivity contribution >= 4 is 24.4 Å². The molecule has 22 heavy (non-hydrogen) atoms. The Morgan fingerprint density at radius 2 is 1.68 bits per heavy atom. The van der Waals surface area contributed by atoms with Crippen LogP contribution in [0.1, 0.15) is 41.5 Å². The van der Waals surface area contributed by atoms with Crippen LogP contribution < -0.4 is 16.1 Å². The van der Waals surface area contributed by atoms with Gasteiger partial charge in [0.25, 0.3) is 0 Å². The first-order valence-electron chi connectivity index (χ1n) is 7.55. The second-order valence-corrected chi connectivity index (χ2v) is 5.77. The first kappa shape index (κ1) is 18.5. The van der Waals surface area contributed by atoms with Gasteiger partial charge in [0, 0.05) is 18.7 Å². The van der Waals surface area contributed by atoms with E-state index in [0.29, 0.717) is 5.82 Å². The number of hydrogen-bond donors (Lipinski definition) is 2. The normalized spacial score (nSPS) is 18.2. The topological polar surface area (TPSA) is 72.5 Å². The minimum absolute atomic E-state index is 0.305. The number of pyridine rings is 1. The van der Waals surface area contributed by atoms with E-state index in [1.165, 1.54) is 0 Å². The molecule has 1 fully saturated rings. The number of amides is 2. The second-order valence-electron chi connectivity index (χ2n) is 5.77. The van der Waals surface area contributed by atoms with Crippen LogP contribution in [0.15, 0.2) is 18.3 Å². The molecule has 0 radical (unpaired) electrons. The maximum absolute atomic E-state index is 11.2. The van der Waals surface area contributed by atoms with Gasteiger partial charge in [-0.05, 0) is 33.8 Å². The molecule has 6 nitrogen and oxygen atoms in total. The third kappa shape index (κ3) is 3.98. The van der Waals surface area contributed by atoms with E-state index in [2.05, 4.69) is 15.6 Å². The third-order valence-electron chi connectivity index (χ3n) is 3.78. The smallest absolute Gasteiger partial charge is 0.399 e. The van der Waals surface area contributed by atoms with Gasteiger partial charge in [0.15, 0.2) is 0 Å². The maximum Gasteiger partial charge on any atom is 0.496 e. The number of rotatable bonds is 2. The van der Waals surface area contributed by atoms with Crippen molar-refractivity contribution in [3.63, 3.8) is 0 Å². The summed E-state index contributed by atoms with van der Waals surface area (Å²) in [6, 6.07) is 3.25. The molecular formula is C15H26BN3O3. The van der Waals surface area contributed by atoms with Crippen molar-refractivity contribution in [2.24, 2.45) is 0 Å². The van der Waals surface area contributed by atoms with Gasteiger partial charge < -0.3 is 14.6 Å². The molecule has 0 bridgehead atoms. The molecule has 1 aromatic heterocycles. The molecule has 2 rings (SSSR count). The first-order chi connectivity index (χ1) is 10.2. The summed E-state index contributed by atoms with van der Waals surface area (Å²) in [4.78, 5) is 15.4. The first-order valence-corrected chi connectivity index (χ1v) is 7.55. The minimum atomic E-state index is -0.443. The van der Waals surface area contributed by atoms with Gasteiger partial charge in [-0.25, -0.2) is 9.78 Å². The molecule has 7 heteroatoms. The Hall–Kier alpha value is -1.60. The predicted molar refractivity (Wildman–Crippen MR) is 89.4 cm³/mol. The standard InChI is InChI=1S/C13H20BN3O3.C2H6/c1-12(2)13(3,4)20-14(19-12)9-6-7-10(16-8-9)17-11(18)15-5;1-2/h6-8H,1-5H3,(H2,15,16,17,18);1-2H3. The lowest BCUT2D eigenvalue weighted by atomic mass is 9.80. The summed E-state index contributed by atoms with van der Waals surface area (Å²) in [6.07, 6.45) is 1.65. The molecule has 0 atom stereocenters. The van der Waals surface area contributed by atoms with Gasteiger partial charge in [-0.1, -0.05) is 19.9 Å². The lowest BCUT2D eigenvalue weighted by Crippen LogP contribution is -2.41. The van der Waals surface area contributed by atoms with Crippen molar-refractivity contribution in [3.8, 4) is 0 Å². The highest BCUT2D eigenvalue weighted by Crippen LogP contribution is 2.36. The summed E-state index contributed by atoms with van der Waals surface area (Å²) in [6.45, 7) is 12.0. The molecule has 2 N–H and O–H groups in total. The summed E-state index contributed by atoms with van der Waals surface area (Å²) < 4.78 is 11.9. The molecule has 0 unspecified atom stereocenters. The Labute approximate surface area is 133 Å². The molecular weight excluding hydrogens is 281 g/mol. The van der Waals surface area contributed by atoms with Crippen LogP contribution in [0.4, 0.5) is 10.6 Å². The molecule has 0 saturated carbocycles. The van der Waals surface area contributed by atoms with E-state index in [1.54, 1.807) is 19.3 Å². The molecule has 0 aromatic carbocycles. The fraction of sp³-hybridized carbons (Fsp3) is 0.600. The number of aromatic nitrogens is 1. The number of carbonyl (C=O) groups excluding carboxylic acids is 1. The van der Waals surface area contributed by atoms with Crippen molar-refractivity contribution in [1.29, 1.82) is 0 Å². The van der Waals surface area contributed by atoms with Gasteiger partial charge in [-0.3, -0.25) is 5.32 Å². The van der Waals surface area contributed by atoms with Crippen molar-refractivity contribution in [2.45, 2.75) is 52.7 Å². The van der Waals surface area contributed by atoms with Crippen LogP contribution in [-0.4, -0.2) is 36.4 Å². The molecule has 2 amide bonds. The zero-order valence-corrected chi connectivity index (χ0v) is 14.5. The highest BCUT2D eigenvalue weighted by atomic mass is 16.7. The Morgan fingerprint density at radius 1 is 1.14 bits per heavy atom. The van der Waals surface area contributed by atoms with Crippen LogP contribution in [-0.2, 0) is 9.31 Å². The van der Waals surface area contributed by atoms with Crippen molar-refractivity contribution in [3.05, 3.63) is 18.3 Å². The third-order valence-corrected chi connectivity index (χ3v) is 3.78. The number of urea groups is 1. The van der Waals surface area contributed by atoms with Crippen LogP contribution in [0.5, 0.6) is 0 Å². The van der Waals surface area contributed by atoms with Crippen molar-refractivity contribution in [2.75, 3.05) is 12.4 Å². The molecule has 1 aliphatic rings. The monoisotopic (exact) mass is 307 g/mol. The fourth-order valence-electron chi connectivity index (χ4n) is 1.78. The molecule has 1 saturated heterocycles. The van der Waals surface area contributed by atoms with Crippen LogP contribution in [0.3, 0.4) is 0 Å². The zero-order chi connectivity index (χ0) is 17.0. The van der Waals surface area contributed by atoms with Gasteiger partial charge in [0.1, 0.15) is 5.82 Å². The summed E-state index contributed by atoms with van der Waals surface area (Å²) in [5.41, 5.74) is 0.0685. The molecule has 0 spiro atoms. The number of nitrogens with one attached hydrogen (secondary N) is 2. The maximum atomic E-state index is 11.2. The molecule has 0 aliphatic carbocycles. The highest BCUT2D eigenvalue weighted by molar-refractivity contribution is 6.62. The number of hydrogen-bond acceptors (Lipinski definition) is 4. The van der Waals surface area contributed by atoms with Crippen molar-refractivity contribution in [1.82, 2.24) is 10.3 Å². The highest BCUT2D eigenvalue weighted by Gasteiger charge is 2.51. The van der Waals surface area contributed by atoms with Gasteiger partial charge in [-0.15, -0.1) is 0 Å². The second kappa shape index (κ2) is 7.11. The fourth-order valence-corrected chi connectivity index (χ4v) is 1.78. The van der Waals surface area contributed by atoms with Crippen LogP contribution in [0.2, 0.25) is 0 Å². The van der Waals surface area contributed by atoms with Gasteiger partial charge in [-0.2, -0.15) is 0 Å². The number of nitrogens with zero attached hydrogens (tertiary/aromatic N) is 1. The molecule has 1 aliphatic heterocycles. The zero-order valence-electron chi connectivity index (χ0n) is 14.5. The average molecular weight is 307 g/mol. The van der Waals surface area contributed by atoms with E-state index in [1.807, 2.05) is 47.6 Å². The van der Waals surface area contributed by atoms with E-state index in [0.717, 1.165) is 5.46 Å². The number of anilines is 1. The van der Waals surface area contributed by atoms with Crippen LogP contribution in [0.25, 0.3) is 0 Å². The van der Waals surface area contributed by atoms with E-state index < -0.39 is 7.12 Å². The van der Waals surface area contributed by atoms with E-state index in [9.17, 15) is 4.79 Å². The molecule has 2 heterocycles. The summed E-state index contributed by atoms with van der Waals surface area (Å²) >= 11 is 0. The predicted octanol–water partition coefficient (Wildman–Crippen LogP) is 2.16. The molecule has 122 valence electrons. The Balaban J connectivity index is 0.00000116. The quantitative estimate of drug-likeness (QED) is 0.821. The van der Waals surface area contributed by atoms with E-state index >= 15 is 0 Å².